The van der Waals surface area contributed by atoms with E-state index in [0.717, 1.165) is 22.6 Å². The Labute approximate surface area is 167 Å². The van der Waals surface area contributed by atoms with Crippen molar-refractivity contribution >= 4 is 14.6 Å². The van der Waals surface area contributed by atoms with Crippen LogP contribution in [0.3, 0.4) is 0 Å². The summed E-state index contributed by atoms with van der Waals surface area (Å²) in [6.45, 7) is 5.32. The van der Waals surface area contributed by atoms with Crippen LogP contribution in [0, 0.1) is 0 Å². The van der Waals surface area contributed by atoms with Gasteiger partial charge in [0.15, 0.2) is 0 Å². The molecule has 1 saturated heterocycles. The number of para-hydroxylation sites is 2. The molecule has 6 nitrogen and oxygen atoms in total. The summed E-state index contributed by atoms with van der Waals surface area (Å²) in [4.78, 5) is 17.1. The van der Waals surface area contributed by atoms with Crippen LogP contribution >= 0.6 is 8.53 Å². The highest BCUT2D eigenvalue weighted by Crippen LogP contribution is 2.54. The Balaban J connectivity index is 1.97. The van der Waals surface area contributed by atoms with Crippen LogP contribution in [-0.2, 0) is 0 Å². The van der Waals surface area contributed by atoms with Crippen molar-refractivity contribution in [1.82, 2.24) is 14.5 Å². The van der Waals surface area contributed by atoms with Crippen LogP contribution in [0.4, 0.5) is 4.79 Å². The number of fused-ring (bicyclic) bond motifs is 5. The number of amides is 2. The zero-order chi connectivity index (χ0) is 19.8. The average molecular weight is 399 g/mol. The Morgan fingerprint density at radius 3 is 1.68 bits per heavy atom. The summed E-state index contributed by atoms with van der Waals surface area (Å²) in [5, 5.41) is 0. The molecule has 2 atom stereocenters. The van der Waals surface area contributed by atoms with Crippen LogP contribution in [0.25, 0.3) is 0 Å². The van der Waals surface area contributed by atoms with Gasteiger partial charge in [0.25, 0.3) is 0 Å². The Morgan fingerprint density at radius 2 is 1.29 bits per heavy atom. The second kappa shape index (κ2) is 7.61. The first-order valence-corrected chi connectivity index (χ1v) is 10.8. The number of hydrogen-bond acceptors (Lipinski definition) is 4. The SMILES string of the molecule is CCN1C(=O)N(CC)[C@@H]2c3ccccc3OP(N(C)C)Oc3ccccc3[C@H]21. The van der Waals surface area contributed by atoms with E-state index in [1.807, 2.05) is 78.8 Å². The fourth-order valence-corrected chi connectivity index (χ4v) is 5.08. The maximum atomic E-state index is 13.2. The van der Waals surface area contributed by atoms with Gasteiger partial charge in [-0.25, -0.2) is 9.46 Å². The van der Waals surface area contributed by atoms with E-state index in [1.54, 1.807) is 0 Å². The largest absolute Gasteiger partial charge is 0.427 e. The number of rotatable bonds is 3. The van der Waals surface area contributed by atoms with Crippen LogP contribution in [0.15, 0.2) is 48.5 Å². The first-order valence-electron chi connectivity index (χ1n) is 9.65. The highest BCUT2D eigenvalue weighted by Gasteiger charge is 2.48. The molecule has 0 spiro atoms. The summed E-state index contributed by atoms with van der Waals surface area (Å²) in [5.41, 5.74) is 2.04. The van der Waals surface area contributed by atoms with E-state index in [9.17, 15) is 4.79 Å². The van der Waals surface area contributed by atoms with Gasteiger partial charge in [-0.15, -0.1) is 0 Å². The lowest BCUT2D eigenvalue weighted by atomic mass is 9.92. The number of carbonyl (C=O) groups excluding carboxylic acids is 1. The van der Waals surface area contributed by atoms with Crippen molar-refractivity contribution in [2.24, 2.45) is 0 Å². The molecule has 2 heterocycles. The van der Waals surface area contributed by atoms with Crippen LogP contribution in [-0.4, -0.2) is 47.7 Å². The van der Waals surface area contributed by atoms with E-state index in [0.29, 0.717) is 13.1 Å². The molecule has 0 saturated carbocycles. The number of carbonyl (C=O) groups is 1. The van der Waals surface area contributed by atoms with Crippen molar-refractivity contribution in [1.29, 1.82) is 0 Å². The molecular formula is C21H26N3O3P. The van der Waals surface area contributed by atoms with Crippen molar-refractivity contribution in [2.75, 3.05) is 27.2 Å². The van der Waals surface area contributed by atoms with E-state index in [-0.39, 0.29) is 18.1 Å². The lowest BCUT2D eigenvalue weighted by Crippen LogP contribution is -2.32. The number of likely N-dealkylation sites (N-methyl/N-ethyl adjacent to an activating group) is 2. The van der Waals surface area contributed by atoms with Gasteiger partial charge in [0.05, 0.1) is 12.1 Å². The second-order valence-corrected chi connectivity index (χ2v) is 8.73. The second-order valence-electron chi connectivity index (χ2n) is 7.09. The molecule has 1 fully saturated rings. The molecule has 2 aromatic rings. The van der Waals surface area contributed by atoms with Gasteiger partial charge in [-0.1, -0.05) is 36.4 Å². The van der Waals surface area contributed by atoms with Gasteiger partial charge in [0.1, 0.15) is 11.5 Å². The van der Waals surface area contributed by atoms with Crippen molar-refractivity contribution in [3.8, 4) is 11.5 Å². The third-order valence-electron chi connectivity index (χ3n) is 5.30. The summed E-state index contributed by atoms with van der Waals surface area (Å²) in [6.07, 6.45) is 0. The van der Waals surface area contributed by atoms with Gasteiger partial charge in [-0.2, -0.15) is 0 Å². The van der Waals surface area contributed by atoms with Gasteiger partial charge in [0.2, 0.25) is 0 Å². The van der Waals surface area contributed by atoms with E-state index >= 15 is 0 Å². The monoisotopic (exact) mass is 399 g/mol. The quantitative estimate of drug-likeness (QED) is 0.695. The first-order chi connectivity index (χ1) is 13.6. The lowest BCUT2D eigenvalue weighted by molar-refractivity contribution is 0.188. The minimum Gasteiger partial charge on any atom is -0.427 e. The molecule has 4 rings (SSSR count). The van der Waals surface area contributed by atoms with E-state index < -0.39 is 8.53 Å². The van der Waals surface area contributed by atoms with Crippen molar-refractivity contribution < 1.29 is 13.8 Å². The standard InChI is InChI=1S/C21H26N3O3P/c1-5-23-19-15-11-7-9-13-17(15)26-28(22(3)4)27-18-14-10-8-12-16(18)20(19)24(6-2)21(23)25/h7-14,19-20H,5-6H2,1-4H3/t19-,20-/m1/s1. The molecule has 0 aliphatic carbocycles. The normalized spacial score (nSPS) is 21.8. The molecule has 2 aliphatic heterocycles. The van der Waals surface area contributed by atoms with Crippen LogP contribution < -0.4 is 9.05 Å². The summed E-state index contributed by atoms with van der Waals surface area (Å²) >= 11 is 0. The lowest BCUT2D eigenvalue weighted by Gasteiger charge is -2.28. The Morgan fingerprint density at radius 1 is 0.857 bits per heavy atom. The maximum Gasteiger partial charge on any atom is 0.384 e. The molecule has 28 heavy (non-hydrogen) atoms. The minimum absolute atomic E-state index is 0.0556. The predicted octanol–water partition coefficient (Wildman–Crippen LogP) is 4.81. The topological polar surface area (TPSA) is 45.2 Å². The molecular weight excluding hydrogens is 373 g/mol. The Kier molecular flexibility index (Phi) is 5.17. The third-order valence-corrected chi connectivity index (χ3v) is 6.66. The Bertz CT molecular complexity index is 810. The van der Waals surface area contributed by atoms with Gasteiger partial charge in [-0.3, -0.25) is 0 Å². The highest BCUT2D eigenvalue weighted by atomic mass is 31.2. The summed E-state index contributed by atoms with van der Waals surface area (Å²) in [5.74, 6) is 1.55. The number of nitrogens with zero attached hydrogens (tertiary/aromatic N) is 3. The van der Waals surface area contributed by atoms with Crippen molar-refractivity contribution in [3.05, 3.63) is 59.7 Å². The van der Waals surface area contributed by atoms with Crippen LogP contribution in [0.2, 0.25) is 0 Å². The van der Waals surface area contributed by atoms with E-state index in [4.69, 9.17) is 9.05 Å². The zero-order valence-electron chi connectivity index (χ0n) is 16.7. The van der Waals surface area contributed by atoms with E-state index in [1.165, 1.54) is 0 Å². The van der Waals surface area contributed by atoms with Crippen LogP contribution in [0.5, 0.6) is 11.5 Å². The molecule has 2 aliphatic rings. The molecule has 2 aromatic carbocycles. The minimum atomic E-state index is -1.32. The Hall–Kier alpha value is -2.30. The summed E-state index contributed by atoms with van der Waals surface area (Å²) in [6, 6.07) is 15.8. The fraction of sp³-hybridized carbons (Fsp3) is 0.381. The molecule has 148 valence electrons. The maximum absolute atomic E-state index is 13.2. The summed E-state index contributed by atoms with van der Waals surface area (Å²) < 4.78 is 14.7. The molecule has 0 N–H and O–H groups in total. The molecule has 0 aromatic heterocycles. The molecule has 0 unspecified atom stereocenters. The number of benzene rings is 2. The van der Waals surface area contributed by atoms with Crippen molar-refractivity contribution in [3.63, 3.8) is 0 Å². The molecule has 0 radical (unpaired) electrons. The van der Waals surface area contributed by atoms with Crippen LogP contribution in [0.1, 0.15) is 37.1 Å². The predicted molar refractivity (Wildman–Crippen MR) is 110 cm³/mol. The smallest absolute Gasteiger partial charge is 0.384 e. The molecule has 0 bridgehead atoms. The van der Waals surface area contributed by atoms with Gasteiger partial charge >= 0.3 is 14.6 Å². The molecule has 7 heteroatoms. The van der Waals surface area contributed by atoms with E-state index in [2.05, 4.69) is 12.1 Å². The van der Waals surface area contributed by atoms with Gasteiger partial charge in [-0.05, 0) is 40.1 Å². The fourth-order valence-electron chi connectivity index (χ4n) is 4.05. The van der Waals surface area contributed by atoms with Gasteiger partial charge in [0, 0.05) is 24.2 Å². The highest BCUT2D eigenvalue weighted by molar-refractivity contribution is 7.45. The van der Waals surface area contributed by atoms with Gasteiger partial charge < -0.3 is 18.8 Å². The van der Waals surface area contributed by atoms with Crippen molar-refractivity contribution in [2.45, 2.75) is 25.9 Å². The average Bonchev–Trinajstić information content (AvgIpc) is 3.01. The number of urea groups is 1. The first kappa shape index (κ1) is 19.0. The molecule has 2 amide bonds. The number of hydrogen-bond donors (Lipinski definition) is 0. The zero-order valence-corrected chi connectivity index (χ0v) is 17.6. The summed E-state index contributed by atoms with van der Waals surface area (Å²) in [7, 11) is 2.59. The third kappa shape index (κ3) is 3.01.